The van der Waals surface area contributed by atoms with Crippen molar-refractivity contribution < 1.29 is 0 Å². The van der Waals surface area contributed by atoms with Crippen LogP contribution in [0, 0.1) is 0 Å². The second-order valence-electron chi connectivity index (χ2n) is 4.65. The average Bonchev–Trinajstić information content (AvgIpc) is 2.36. The molecule has 0 unspecified atom stereocenters. The molecule has 1 aliphatic heterocycles. The summed E-state index contributed by atoms with van der Waals surface area (Å²) in [5, 5.41) is 11.8. The number of fused-ring (bicyclic) bond motifs is 1. The van der Waals surface area contributed by atoms with E-state index in [0.29, 0.717) is 0 Å². The van der Waals surface area contributed by atoms with Crippen LogP contribution in [0.25, 0.3) is 0 Å². The van der Waals surface area contributed by atoms with Crippen molar-refractivity contribution in [3.05, 3.63) is 17.3 Å². The minimum Gasteiger partial charge on any atom is -0.369 e. The predicted octanol–water partition coefficient (Wildman–Crippen LogP) is 2.07. The van der Waals surface area contributed by atoms with E-state index in [9.17, 15) is 0 Å². The van der Waals surface area contributed by atoms with E-state index >= 15 is 0 Å². The lowest BCUT2D eigenvalue weighted by atomic mass is 10.1. The molecule has 0 spiro atoms. The van der Waals surface area contributed by atoms with Crippen molar-refractivity contribution in [3.63, 3.8) is 0 Å². The molecular formula is C13H22N4. The Kier molecular flexibility index (Phi) is 4.31. The van der Waals surface area contributed by atoms with Crippen LogP contribution in [0.3, 0.4) is 0 Å². The zero-order valence-electron chi connectivity index (χ0n) is 10.9. The molecule has 17 heavy (non-hydrogen) atoms. The summed E-state index contributed by atoms with van der Waals surface area (Å²) >= 11 is 0. The number of nitrogens with one attached hydrogen (secondary N) is 1. The Morgan fingerprint density at radius 3 is 2.94 bits per heavy atom. The first-order chi connectivity index (χ1) is 8.33. The van der Waals surface area contributed by atoms with E-state index in [0.717, 1.165) is 38.3 Å². The number of nitrogens with zero attached hydrogens (tertiary/aromatic N) is 3. The van der Waals surface area contributed by atoms with Gasteiger partial charge in [0.05, 0.1) is 5.69 Å². The topological polar surface area (TPSA) is 41.1 Å². The monoisotopic (exact) mass is 234 g/mol. The van der Waals surface area contributed by atoms with Crippen LogP contribution < -0.4 is 5.32 Å². The highest BCUT2D eigenvalue weighted by molar-refractivity contribution is 5.38. The van der Waals surface area contributed by atoms with Crippen LogP contribution in [0.15, 0.2) is 6.07 Å². The van der Waals surface area contributed by atoms with Crippen molar-refractivity contribution >= 4 is 5.82 Å². The molecule has 1 N–H and O–H groups in total. The van der Waals surface area contributed by atoms with Gasteiger partial charge in [0.2, 0.25) is 0 Å². The summed E-state index contributed by atoms with van der Waals surface area (Å²) in [6, 6.07) is 2.17. The van der Waals surface area contributed by atoms with Crippen LogP contribution in [0.4, 0.5) is 5.82 Å². The van der Waals surface area contributed by atoms with E-state index in [2.05, 4.69) is 40.3 Å². The first kappa shape index (κ1) is 12.3. The lowest BCUT2D eigenvalue weighted by Gasteiger charge is -2.27. The molecule has 0 bridgehead atoms. The molecule has 0 aromatic carbocycles. The highest BCUT2D eigenvalue weighted by Gasteiger charge is 2.17. The normalized spacial score (nSPS) is 15.6. The van der Waals surface area contributed by atoms with Crippen molar-refractivity contribution in [3.8, 4) is 0 Å². The molecule has 94 valence electrons. The first-order valence-electron chi connectivity index (χ1n) is 6.65. The zero-order chi connectivity index (χ0) is 12.1. The third-order valence-corrected chi connectivity index (χ3v) is 3.11. The maximum Gasteiger partial charge on any atom is 0.148 e. The molecule has 0 aliphatic carbocycles. The van der Waals surface area contributed by atoms with Crippen LogP contribution in [0.2, 0.25) is 0 Å². The molecule has 0 amide bonds. The van der Waals surface area contributed by atoms with Gasteiger partial charge in [-0.25, -0.2) is 0 Å². The SMILES string of the molecule is CCCNc1cc2c(nn1)CCN(CCC)C2. The third kappa shape index (κ3) is 3.16. The summed E-state index contributed by atoms with van der Waals surface area (Å²) < 4.78 is 0. The van der Waals surface area contributed by atoms with Crippen LogP contribution in [0.5, 0.6) is 0 Å². The average molecular weight is 234 g/mol. The lowest BCUT2D eigenvalue weighted by molar-refractivity contribution is 0.252. The lowest BCUT2D eigenvalue weighted by Crippen LogP contribution is -2.32. The number of rotatable bonds is 5. The predicted molar refractivity (Wildman–Crippen MR) is 70.1 cm³/mol. The summed E-state index contributed by atoms with van der Waals surface area (Å²) in [5.74, 6) is 0.920. The van der Waals surface area contributed by atoms with Crippen molar-refractivity contribution in [2.75, 3.05) is 25.0 Å². The number of aromatic nitrogens is 2. The largest absolute Gasteiger partial charge is 0.369 e. The van der Waals surface area contributed by atoms with Gasteiger partial charge in [-0.1, -0.05) is 13.8 Å². The van der Waals surface area contributed by atoms with Gasteiger partial charge in [0.25, 0.3) is 0 Å². The second-order valence-corrected chi connectivity index (χ2v) is 4.65. The summed E-state index contributed by atoms with van der Waals surface area (Å²) in [6.07, 6.45) is 3.37. The number of hydrogen-bond donors (Lipinski definition) is 1. The summed E-state index contributed by atoms with van der Waals surface area (Å²) in [6.45, 7) is 8.68. The van der Waals surface area contributed by atoms with Crippen molar-refractivity contribution in [1.29, 1.82) is 0 Å². The van der Waals surface area contributed by atoms with Gasteiger partial charge >= 0.3 is 0 Å². The fourth-order valence-corrected chi connectivity index (χ4v) is 2.23. The van der Waals surface area contributed by atoms with Gasteiger partial charge < -0.3 is 5.32 Å². The van der Waals surface area contributed by atoms with Crippen molar-refractivity contribution in [2.24, 2.45) is 0 Å². The Bertz CT molecular complexity index is 364. The van der Waals surface area contributed by atoms with Crippen LogP contribution in [0.1, 0.15) is 37.9 Å². The fraction of sp³-hybridized carbons (Fsp3) is 0.692. The van der Waals surface area contributed by atoms with E-state index in [1.165, 1.54) is 24.2 Å². The Hall–Kier alpha value is -1.16. The van der Waals surface area contributed by atoms with Crippen molar-refractivity contribution in [2.45, 2.75) is 39.7 Å². The molecule has 2 heterocycles. The van der Waals surface area contributed by atoms with Gasteiger partial charge in [0, 0.05) is 26.1 Å². The Balaban J connectivity index is 2.06. The van der Waals surface area contributed by atoms with E-state index in [-0.39, 0.29) is 0 Å². The number of anilines is 1. The zero-order valence-corrected chi connectivity index (χ0v) is 10.9. The highest BCUT2D eigenvalue weighted by atomic mass is 15.2. The van der Waals surface area contributed by atoms with Crippen LogP contribution in [-0.4, -0.2) is 34.7 Å². The minimum atomic E-state index is 0.920. The molecule has 1 aromatic heterocycles. The summed E-state index contributed by atoms with van der Waals surface area (Å²) in [5.41, 5.74) is 2.53. The maximum atomic E-state index is 4.33. The first-order valence-corrected chi connectivity index (χ1v) is 6.65. The van der Waals surface area contributed by atoms with Crippen LogP contribution in [-0.2, 0) is 13.0 Å². The smallest absolute Gasteiger partial charge is 0.148 e. The molecule has 0 atom stereocenters. The van der Waals surface area contributed by atoms with Gasteiger partial charge in [-0.3, -0.25) is 4.90 Å². The maximum absolute atomic E-state index is 4.33. The third-order valence-electron chi connectivity index (χ3n) is 3.11. The van der Waals surface area contributed by atoms with Gasteiger partial charge in [0.15, 0.2) is 0 Å². The van der Waals surface area contributed by atoms with Gasteiger partial charge in [-0.05, 0) is 31.0 Å². The molecule has 0 saturated carbocycles. The standard InChI is InChI=1S/C13H22N4/c1-3-6-14-13-9-11-10-17(7-4-2)8-5-12(11)15-16-13/h9H,3-8,10H2,1-2H3,(H,14,16). The van der Waals surface area contributed by atoms with E-state index in [1.807, 2.05) is 0 Å². The molecule has 2 rings (SSSR count). The Morgan fingerprint density at radius 1 is 1.29 bits per heavy atom. The van der Waals surface area contributed by atoms with Gasteiger partial charge in [-0.2, -0.15) is 5.10 Å². The van der Waals surface area contributed by atoms with Crippen molar-refractivity contribution in [1.82, 2.24) is 15.1 Å². The molecule has 4 nitrogen and oxygen atoms in total. The van der Waals surface area contributed by atoms with E-state index in [4.69, 9.17) is 0 Å². The summed E-state index contributed by atoms with van der Waals surface area (Å²) in [4.78, 5) is 2.49. The molecule has 1 aromatic rings. The minimum absolute atomic E-state index is 0.920. The molecule has 0 saturated heterocycles. The fourth-order valence-electron chi connectivity index (χ4n) is 2.23. The second kappa shape index (κ2) is 5.96. The quantitative estimate of drug-likeness (QED) is 0.846. The van der Waals surface area contributed by atoms with Gasteiger partial charge in [-0.15, -0.1) is 5.10 Å². The molecule has 1 aliphatic rings. The summed E-state index contributed by atoms with van der Waals surface area (Å²) in [7, 11) is 0. The van der Waals surface area contributed by atoms with E-state index in [1.54, 1.807) is 0 Å². The molecule has 0 fully saturated rings. The molecular weight excluding hydrogens is 212 g/mol. The Morgan fingerprint density at radius 2 is 2.18 bits per heavy atom. The highest BCUT2D eigenvalue weighted by Crippen LogP contribution is 2.18. The molecule has 0 radical (unpaired) electrons. The van der Waals surface area contributed by atoms with Gasteiger partial charge in [0.1, 0.15) is 5.82 Å². The Labute approximate surface area is 103 Å². The molecule has 4 heteroatoms. The van der Waals surface area contributed by atoms with E-state index < -0.39 is 0 Å². The number of hydrogen-bond acceptors (Lipinski definition) is 4. The van der Waals surface area contributed by atoms with Crippen LogP contribution >= 0.6 is 0 Å².